The summed E-state index contributed by atoms with van der Waals surface area (Å²) in [5.74, 6) is -0.601. The number of hydrogen-bond donors (Lipinski definition) is 1. The predicted octanol–water partition coefficient (Wildman–Crippen LogP) is 4.11. The van der Waals surface area contributed by atoms with Gasteiger partial charge in [0, 0.05) is 6.54 Å². The van der Waals surface area contributed by atoms with Crippen molar-refractivity contribution in [3.8, 4) is 0 Å². The Labute approximate surface area is 126 Å². The van der Waals surface area contributed by atoms with E-state index in [1.54, 1.807) is 36.4 Å². The molecule has 0 unspecified atom stereocenters. The van der Waals surface area contributed by atoms with E-state index in [9.17, 15) is 9.18 Å². The van der Waals surface area contributed by atoms with Gasteiger partial charge in [-0.2, -0.15) is 0 Å². The standard InChI is InChI=1S/C15H12Cl2FNO/c16-12-6-3-5-11(14(12)17)15(20)19-9-8-10-4-1-2-7-13(10)18/h1-7H,8-9H2,(H,19,20). The minimum absolute atomic E-state index is 0.220. The average Bonchev–Trinajstić information content (AvgIpc) is 2.44. The van der Waals surface area contributed by atoms with Crippen LogP contribution in [-0.4, -0.2) is 12.5 Å². The number of amides is 1. The predicted molar refractivity (Wildman–Crippen MR) is 78.9 cm³/mol. The van der Waals surface area contributed by atoms with Gasteiger partial charge < -0.3 is 5.32 Å². The van der Waals surface area contributed by atoms with E-state index >= 15 is 0 Å². The molecular formula is C15H12Cl2FNO. The van der Waals surface area contributed by atoms with E-state index in [-0.39, 0.29) is 16.7 Å². The van der Waals surface area contributed by atoms with Crippen LogP contribution in [0.15, 0.2) is 42.5 Å². The Morgan fingerprint density at radius 3 is 2.60 bits per heavy atom. The van der Waals surface area contributed by atoms with E-state index < -0.39 is 0 Å². The maximum atomic E-state index is 13.4. The minimum atomic E-state index is -0.325. The van der Waals surface area contributed by atoms with Gasteiger partial charge in [-0.1, -0.05) is 47.5 Å². The first-order valence-corrected chi connectivity index (χ1v) is 6.81. The Kier molecular flexibility index (Phi) is 4.99. The first-order valence-electron chi connectivity index (χ1n) is 6.05. The van der Waals surface area contributed by atoms with Crippen LogP contribution in [0, 0.1) is 5.82 Å². The highest BCUT2D eigenvalue weighted by molar-refractivity contribution is 6.43. The lowest BCUT2D eigenvalue weighted by Crippen LogP contribution is -2.26. The fourth-order valence-electron chi connectivity index (χ4n) is 1.79. The highest BCUT2D eigenvalue weighted by Gasteiger charge is 2.12. The zero-order valence-electron chi connectivity index (χ0n) is 10.5. The maximum Gasteiger partial charge on any atom is 0.252 e. The fourth-order valence-corrected chi connectivity index (χ4v) is 2.17. The van der Waals surface area contributed by atoms with Crippen molar-refractivity contribution in [3.05, 3.63) is 69.5 Å². The average molecular weight is 312 g/mol. The van der Waals surface area contributed by atoms with Crippen LogP contribution in [0.4, 0.5) is 4.39 Å². The molecule has 2 rings (SSSR count). The molecule has 0 fully saturated rings. The summed E-state index contributed by atoms with van der Waals surface area (Å²) in [6, 6.07) is 11.3. The molecule has 1 amide bonds. The molecule has 2 aromatic rings. The van der Waals surface area contributed by atoms with Crippen molar-refractivity contribution in [1.82, 2.24) is 5.32 Å². The Hall–Kier alpha value is -1.58. The molecule has 0 aliphatic carbocycles. The van der Waals surface area contributed by atoms with E-state index in [1.165, 1.54) is 6.07 Å². The molecule has 0 saturated heterocycles. The maximum absolute atomic E-state index is 13.4. The Balaban J connectivity index is 1.96. The SMILES string of the molecule is O=C(NCCc1ccccc1F)c1cccc(Cl)c1Cl. The van der Waals surface area contributed by atoms with Gasteiger partial charge in [-0.3, -0.25) is 4.79 Å². The summed E-state index contributed by atoms with van der Waals surface area (Å²) < 4.78 is 13.4. The third-order valence-electron chi connectivity index (χ3n) is 2.83. The normalized spacial score (nSPS) is 10.3. The molecule has 2 nitrogen and oxygen atoms in total. The van der Waals surface area contributed by atoms with Crippen molar-refractivity contribution in [3.63, 3.8) is 0 Å². The number of carbonyl (C=O) groups is 1. The van der Waals surface area contributed by atoms with Crippen LogP contribution in [0.2, 0.25) is 10.0 Å². The molecule has 0 bridgehead atoms. The molecule has 5 heteroatoms. The van der Waals surface area contributed by atoms with Gasteiger partial charge in [0.05, 0.1) is 15.6 Å². The van der Waals surface area contributed by atoms with Crippen LogP contribution >= 0.6 is 23.2 Å². The molecule has 104 valence electrons. The van der Waals surface area contributed by atoms with Crippen molar-refractivity contribution >= 4 is 29.1 Å². The molecule has 0 saturated carbocycles. The van der Waals surface area contributed by atoms with E-state index in [1.807, 2.05) is 0 Å². The highest BCUT2D eigenvalue weighted by Crippen LogP contribution is 2.25. The van der Waals surface area contributed by atoms with Gasteiger partial charge in [-0.15, -0.1) is 0 Å². The summed E-state index contributed by atoms with van der Waals surface area (Å²) >= 11 is 11.8. The molecule has 0 aliphatic heterocycles. The molecule has 2 aromatic carbocycles. The topological polar surface area (TPSA) is 29.1 Å². The van der Waals surface area contributed by atoms with E-state index in [0.29, 0.717) is 29.1 Å². The van der Waals surface area contributed by atoms with Gasteiger partial charge in [0.25, 0.3) is 5.91 Å². The van der Waals surface area contributed by atoms with Crippen LogP contribution in [0.5, 0.6) is 0 Å². The van der Waals surface area contributed by atoms with E-state index in [4.69, 9.17) is 23.2 Å². The summed E-state index contributed by atoms with van der Waals surface area (Å²) in [4.78, 5) is 11.9. The molecule has 0 aliphatic rings. The molecule has 0 spiro atoms. The molecule has 1 N–H and O–H groups in total. The minimum Gasteiger partial charge on any atom is -0.352 e. The molecular weight excluding hydrogens is 300 g/mol. The van der Waals surface area contributed by atoms with Crippen molar-refractivity contribution in [2.45, 2.75) is 6.42 Å². The van der Waals surface area contributed by atoms with Crippen LogP contribution in [0.1, 0.15) is 15.9 Å². The second-order valence-electron chi connectivity index (χ2n) is 4.20. The Morgan fingerprint density at radius 2 is 1.85 bits per heavy atom. The third kappa shape index (κ3) is 3.50. The van der Waals surface area contributed by atoms with Crippen LogP contribution < -0.4 is 5.32 Å². The van der Waals surface area contributed by atoms with Gasteiger partial charge in [0.15, 0.2) is 0 Å². The zero-order chi connectivity index (χ0) is 14.5. The number of rotatable bonds is 4. The number of nitrogens with one attached hydrogen (secondary N) is 1. The van der Waals surface area contributed by atoms with E-state index in [2.05, 4.69) is 5.32 Å². The van der Waals surface area contributed by atoms with Crippen LogP contribution in [0.3, 0.4) is 0 Å². The van der Waals surface area contributed by atoms with Gasteiger partial charge in [0.2, 0.25) is 0 Å². The zero-order valence-corrected chi connectivity index (χ0v) is 12.0. The molecule has 0 heterocycles. The summed E-state index contributed by atoms with van der Waals surface area (Å²) in [7, 11) is 0. The van der Waals surface area contributed by atoms with Crippen LogP contribution in [0.25, 0.3) is 0 Å². The Bertz CT molecular complexity index is 631. The van der Waals surface area contributed by atoms with Crippen molar-refractivity contribution in [2.24, 2.45) is 0 Å². The van der Waals surface area contributed by atoms with E-state index in [0.717, 1.165) is 0 Å². The molecule has 0 aromatic heterocycles. The van der Waals surface area contributed by atoms with Gasteiger partial charge in [0.1, 0.15) is 5.82 Å². The number of halogens is 3. The number of hydrogen-bond acceptors (Lipinski definition) is 1. The lowest BCUT2D eigenvalue weighted by Gasteiger charge is -2.08. The molecule has 20 heavy (non-hydrogen) atoms. The summed E-state index contributed by atoms with van der Waals surface area (Å²) in [5.41, 5.74) is 0.873. The number of benzene rings is 2. The van der Waals surface area contributed by atoms with Crippen molar-refractivity contribution in [2.75, 3.05) is 6.54 Å². The third-order valence-corrected chi connectivity index (χ3v) is 3.65. The summed E-state index contributed by atoms with van der Waals surface area (Å²) in [5, 5.41) is 3.24. The van der Waals surface area contributed by atoms with Gasteiger partial charge in [-0.25, -0.2) is 4.39 Å². The first kappa shape index (κ1) is 14.8. The largest absolute Gasteiger partial charge is 0.352 e. The smallest absolute Gasteiger partial charge is 0.252 e. The summed E-state index contributed by atoms with van der Waals surface area (Å²) in [6.07, 6.45) is 0.413. The Morgan fingerprint density at radius 1 is 1.10 bits per heavy atom. The lowest BCUT2D eigenvalue weighted by molar-refractivity contribution is 0.0954. The second kappa shape index (κ2) is 6.73. The molecule has 0 atom stereocenters. The first-order chi connectivity index (χ1) is 9.59. The second-order valence-corrected chi connectivity index (χ2v) is 4.98. The monoisotopic (exact) mass is 311 g/mol. The van der Waals surface area contributed by atoms with Crippen LogP contribution in [-0.2, 0) is 6.42 Å². The summed E-state index contributed by atoms with van der Waals surface area (Å²) in [6.45, 7) is 0.322. The highest BCUT2D eigenvalue weighted by atomic mass is 35.5. The molecule has 0 radical (unpaired) electrons. The quantitative estimate of drug-likeness (QED) is 0.904. The van der Waals surface area contributed by atoms with Gasteiger partial charge >= 0.3 is 0 Å². The van der Waals surface area contributed by atoms with Gasteiger partial charge in [-0.05, 0) is 30.2 Å². The fraction of sp³-hybridized carbons (Fsp3) is 0.133. The van der Waals surface area contributed by atoms with Crippen molar-refractivity contribution < 1.29 is 9.18 Å². The number of carbonyl (C=O) groups excluding carboxylic acids is 1. The van der Waals surface area contributed by atoms with Crippen molar-refractivity contribution in [1.29, 1.82) is 0 Å². The lowest BCUT2D eigenvalue weighted by atomic mass is 10.1.